The van der Waals surface area contributed by atoms with E-state index in [-0.39, 0.29) is 17.5 Å². The lowest BCUT2D eigenvalue weighted by molar-refractivity contribution is -0.173. The minimum Gasteiger partial charge on any atom is -0.348 e. The molecule has 1 saturated carbocycles. The molecule has 1 amide bonds. The summed E-state index contributed by atoms with van der Waals surface area (Å²) in [5, 5.41) is 1.56. The molecule has 2 rings (SSSR count). The van der Waals surface area contributed by atoms with E-state index in [1.54, 1.807) is 18.2 Å². The molecule has 0 unspecified atom stereocenters. The molecule has 0 heterocycles. The SMILES string of the molecule is O=C(NCCCc1cccc(CS(=O)(=O)C2CCCCC2)c1)C(F)(F)F. The average molecular weight is 391 g/mol. The molecule has 0 aromatic heterocycles. The lowest BCUT2D eigenvalue weighted by Crippen LogP contribution is -2.37. The summed E-state index contributed by atoms with van der Waals surface area (Å²) in [5.41, 5.74) is 1.55. The van der Waals surface area contributed by atoms with Crippen molar-refractivity contribution in [1.82, 2.24) is 5.32 Å². The van der Waals surface area contributed by atoms with Gasteiger partial charge in [-0.2, -0.15) is 13.2 Å². The highest BCUT2D eigenvalue weighted by molar-refractivity contribution is 7.91. The zero-order valence-electron chi connectivity index (χ0n) is 14.5. The number of sulfone groups is 1. The van der Waals surface area contributed by atoms with Crippen molar-refractivity contribution >= 4 is 15.7 Å². The Balaban J connectivity index is 1.86. The molecule has 1 aliphatic rings. The van der Waals surface area contributed by atoms with Crippen LogP contribution in [-0.4, -0.2) is 32.3 Å². The van der Waals surface area contributed by atoms with Crippen molar-refractivity contribution in [2.75, 3.05) is 6.54 Å². The fraction of sp³-hybridized carbons (Fsp3) is 0.611. The molecular formula is C18H24F3NO3S. The maximum absolute atomic E-state index is 12.5. The predicted molar refractivity (Wildman–Crippen MR) is 93.3 cm³/mol. The molecule has 0 aliphatic heterocycles. The van der Waals surface area contributed by atoms with Gasteiger partial charge >= 0.3 is 12.1 Å². The van der Waals surface area contributed by atoms with Crippen molar-refractivity contribution in [1.29, 1.82) is 0 Å². The number of amides is 1. The minimum atomic E-state index is -4.87. The second-order valence-corrected chi connectivity index (χ2v) is 9.03. The van der Waals surface area contributed by atoms with Crippen LogP contribution in [0, 0.1) is 0 Å². The number of aryl methyl sites for hydroxylation is 1. The number of carbonyl (C=O) groups excluding carboxylic acids is 1. The molecule has 4 nitrogen and oxygen atoms in total. The van der Waals surface area contributed by atoms with Crippen molar-refractivity contribution < 1.29 is 26.4 Å². The van der Waals surface area contributed by atoms with Crippen molar-refractivity contribution in [3.8, 4) is 0 Å². The van der Waals surface area contributed by atoms with Crippen molar-refractivity contribution in [3.63, 3.8) is 0 Å². The van der Waals surface area contributed by atoms with Crippen LogP contribution in [0.1, 0.15) is 49.7 Å². The highest BCUT2D eigenvalue weighted by Crippen LogP contribution is 2.26. The minimum absolute atomic E-state index is 0.00365. The number of rotatable bonds is 7. The Labute approximate surface area is 152 Å². The summed E-state index contributed by atoms with van der Waals surface area (Å²) in [5.74, 6) is -1.94. The number of hydrogen-bond acceptors (Lipinski definition) is 3. The summed E-state index contributed by atoms with van der Waals surface area (Å²) >= 11 is 0. The summed E-state index contributed by atoms with van der Waals surface area (Å²) in [7, 11) is -3.19. The topological polar surface area (TPSA) is 63.2 Å². The number of halogens is 3. The van der Waals surface area contributed by atoms with E-state index in [1.165, 1.54) is 0 Å². The number of carbonyl (C=O) groups is 1. The third-order valence-electron chi connectivity index (χ3n) is 4.60. The van der Waals surface area contributed by atoms with Crippen LogP contribution in [0.4, 0.5) is 13.2 Å². The average Bonchev–Trinajstić information content (AvgIpc) is 2.58. The number of alkyl halides is 3. The van der Waals surface area contributed by atoms with Gasteiger partial charge in [-0.3, -0.25) is 4.79 Å². The molecule has 1 aromatic carbocycles. The Morgan fingerprint density at radius 3 is 2.42 bits per heavy atom. The first-order valence-corrected chi connectivity index (χ1v) is 10.5. The van der Waals surface area contributed by atoms with Gasteiger partial charge in [-0.15, -0.1) is 0 Å². The van der Waals surface area contributed by atoms with Gasteiger partial charge in [0.05, 0.1) is 11.0 Å². The maximum atomic E-state index is 12.5. The fourth-order valence-electron chi connectivity index (χ4n) is 3.24. The summed E-state index contributed by atoms with van der Waals surface area (Å²) in [6, 6.07) is 7.11. The third kappa shape index (κ3) is 6.30. The summed E-state index contributed by atoms with van der Waals surface area (Å²) in [4.78, 5) is 10.7. The lowest BCUT2D eigenvalue weighted by Gasteiger charge is -2.21. The van der Waals surface area contributed by atoms with Crippen molar-refractivity contribution in [2.24, 2.45) is 0 Å². The third-order valence-corrected chi connectivity index (χ3v) is 6.83. The molecular weight excluding hydrogens is 367 g/mol. The van der Waals surface area contributed by atoms with E-state index in [0.29, 0.717) is 18.4 Å². The number of hydrogen-bond donors (Lipinski definition) is 1. The van der Waals surface area contributed by atoms with Gasteiger partial charge in [0.2, 0.25) is 0 Å². The van der Waals surface area contributed by atoms with Crippen LogP contribution in [0.2, 0.25) is 0 Å². The van der Waals surface area contributed by atoms with Gasteiger partial charge in [-0.25, -0.2) is 8.42 Å². The van der Waals surface area contributed by atoms with Crippen LogP contribution in [0.25, 0.3) is 0 Å². The van der Waals surface area contributed by atoms with Gasteiger partial charge in [-0.05, 0) is 36.8 Å². The van der Waals surface area contributed by atoms with Crippen LogP contribution in [0.3, 0.4) is 0 Å². The van der Waals surface area contributed by atoms with Gasteiger partial charge in [-0.1, -0.05) is 43.5 Å². The van der Waals surface area contributed by atoms with E-state index in [2.05, 4.69) is 0 Å². The fourth-order valence-corrected chi connectivity index (χ4v) is 5.18. The molecule has 0 radical (unpaired) electrons. The van der Waals surface area contributed by atoms with E-state index in [1.807, 2.05) is 11.4 Å². The monoisotopic (exact) mass is 391 g/mol. The van der Waals surface area contributed by atoms with Crippen LogP contribution in [0.5, 0.6) is 0 Å². The molecule has 0 bridgehead atoms. The smallest absolute Gasteiger partial charge is 0.348 e. The largest absolute Gasteiger partial charge is 0.471 e. The maximum Gasteiger partial charge on any atom is 0.471 e. The standard InChI is InChI=1S/C18H24F3NO3S/c19-18(20,21)17(23)22-11-5-8-14-6-4-7-15(12-14)13-26(24,25)16-9-2-1-3-10-16/h4,6-7,12,16H,1-3,5,8-11,13H2,(H,22,23). The van der Waals surface area contributed by atoms with Gasteiger partial charge in [0, 0.05) is 6.54 Å². The highest BCUT2D eigenvalue weighted by atomic mass is 32.2. The quantitative estimate of drug-likeness (QED) is 0.723. The van der Waals surface area contributed by atoms with E-state index < -0.39 is 21.9 Å². The Bertz CT molecular complexity index is 711. The van der Waals surface area contributed by atoms with Crippen molar-refractivity contribution in [2.45, 2.75) is 62.1 Å². The van der Waals surface area contributed by atoms with Crippen LogP contribution in [-0.2, 0) is 26.8 Å². The van der Waals surface area contributed by atoms with E-state index in [0.717, 1.165) is 37.7 Å². The summed E-state index contributed by atoms with van der Waals surface area (Å²) in [6.45, 7) is -0.0804. The van der Waals surface area contributed by atoms with Gasteiger partial charge in [0.1, 0.15) is 0 Å². The molecule has 26 heavy (non-hydrogen) atoms. The number of benzene rings is 1. The molecule has 1 N–H and O–H groups in total. The van der Waals surface area contributed by atoms with E-state index >= 15 is 0 Å². The predicted octanol–water partition coefficient (Wildman–Crippen LogP) is 3.55. The van der Waals surface area contributed by atoms with Crippen LogP contribution in [0.15, 0.2) is 24.3 Å². The molecule has 146 valence electrons. The van der Waals surface area contributed by atoms with E-state index in [4.69, 9.17) is 0 Å². The first-order chi connectivity index (χ1) is 12.2. The normalized spacial score (nSPS) is 16.4. The second-order valence-electron chi connectivity index (χ2n) is 6.74. The first kappa shape index (κ1) is 20.7. The molecule has 0 atom stereocenters. The summed E-state index contributed by atoms with van der Waals surface area (Å²) < 4.78 is 61.4. The highest BCUT2D eigenvalue weighted by Gasteiger charge is 2.38. The Morgan fingerprint density at radius 2 is 1.77 bits per heavy atom. The van der Waals surface area contributed by atoms with Crippen molar-refractivity contribution in [3.05, 3.63) is 35.4 Å². The van der Waals surface area contributed by atoms with Gasteiger partial charge < -0.3 is 5.32 Å². The van der Waals surface area contributed by atoms with Crippen LogP contribution >= 0.6 is 0 Å². The molecule has 8 heteroatoms. The number of nitrogens with one attached hydrogen (secondary N) is 1. The molecule has 1 fully saturated rings. The summed E-state index contributed by atoms with van der Waals surface area (Å²) in [6.07, 6.45) is 0.388. The van der Waals surface area contributed by atoms with E-state index in [9.17, 15) is 26.4 Å². The first-order valence-electron chi connectivity index (χ1n) is 8.83. The lowest BCUT2D eigenvalue weighted by atomic mass is 10.0. The molecule has 0 spiro atoms. The zero-order valence-corrected chi connectivity index (χ0v) is 15.3. The van der Waals surface area contributed by atoms with Crippen LogP contribution < -0.4 is 5.32 Å². The Hall–Kier alpha value is -1.57. The molecule has 0 saturated heterocycles. The van der Waals surface area contributed by atoms with Gasteiger partial charge in [0.15, 0.2) is 9.84 Å². The molecule has 1 aromatic rings. The Kier molecular flexibility index (Phi) is 7.08. The van der Waals surface area contributed by atoms with Gasteiger partial charge in [0.25, 0.3) is 0 Å². The molecule has 1 aliphatic carbocycles. The second kappa shape index (κ2) is 8.88. The zero-order chi connectivity index (χ0) is 19.2. The Morgan fingerprint density at radius 1 is 1.12 bits per heavy atom.